The number of furan rings is 1. The Morgan fingerprint density at radius 3 is 2.71 bits per heavy atom. The molecule has 2 rings (SSSR count). The fraction of sp³-hybridized carbons (Fsp3) is 0.375. The highest BCUT2D eigenvalue weighted by atomic mass is 127. The van der Waals surface area contributed by atoms with Crippen LogP contribution in [0.25, 0.3) is 0 Å². The first-order valence-corrected chi connectivity index (χ1v) is 7.93. The fourth-order valence-electron chi connectivity index (χ4n) is 2.23. The summed E-state index contributed by atoms with van der Waals surface area (Å²) in [6.45, 7) is 1.58. The Bertz CT molecular complexity index is 569. The summed E-state index contributed by atoms with van der Waals surface area (Å²) < 4.78 is 11.8. The van der Waals surface area contributed by atoms with Crippen LogP contribution in [-0.4, -0.2) is 32.6 Å². The Morgan fingerprint density at radius 1 is 1.29 bits per heavy atom. The van der Waals surface area contributed by atoms with E-state index in [0.717, 1.165) is 28.4 Å². The number of hydrogen-bond acceptors (Lipinski definition) is 4. The number of nitrogens with one attached hydrogen (secondary N) is 1. The number of likely N-dealkylation sites (N-methyl/N-ethyl adjacent to an activating group) is 1. The van der Waals surface area contributed by atoms with Crippen molar-refractivity contribution in [3.8, 4) is 5.75 Å². The van der Waals surface area contributed by atoms with Gasteiger partial charge in [-0.3, -0.25) is 0 Å². The molecule has 2 aromatic rings. The highest BCUT2D eigenvalue weighted by Crippen LogP contribution is 2.22. The third-order valence-corrected chi connectivity index (χ3v) is 3.95. The van der Waals surface area contributed by atoms with Gasteiger partial charge >= 0.3 is 0 Å². The van der Waals surface area contributed by atoms with Crippen LogP contribution < -0.4 is 10.1 Å². The molecule has 21 heavy (non-hydrogen) atoms. The van der Waals surface area contributed by atoms with Crippen molar-refractivity contribution >= 4 is 22.6 Å². The van der Waals surface area contributed by atoms with E-state index in [1.807, 2.05) is 24.3 Å². The van der Waals surface area contributed by atoms with Gasteiger partial charge in [-0.05, 0) is 66.5 Å². The molecule has 1 aromatic heterocycles. The highest BCUT2D eigenvalue weighted by molar-refractivity contribution is 14.1. The lowest BCUT2D eigenvalue weighted by Crippen LogP contribution is -2.30. The average Bonchev–Trinajstić information content (AvgIpc) is 2.89. The second-order valence-corrected chi connectivity index (χ2v) is 6.16. The summed E-state index contributed by atoms with van der Waals surface area (Å²) in [6, 6.07) is 12.5. The molecular weight excluding hydrogens is 379 g/mol. The topological polar surface area (TPSA) is 37.6 Å². The zero-order chi connectivity index (χ0) is 15.2. The van der Waals surface area contributed by atoms with Gasteiger partial charge in [0, 0.05) is 12.6 Å². The van der Waals surface area contributed by atoms with Gasteiger partial charge in [-0.2, -0.15) is 0 Å². The quantitative estimate of drug-likeness (QED) is 0.724. The molecule has 1 N–H and O–H groups in total. The van der Waals surface area contributed by atoms with E-state index < -0.39 is 0 Å². The van der Waals surface area contributed by atoms with Gasteiger partial charge in [0.1, 0.15) is 11.5 Å². The number of halogens is 1. The standard InChI is InChI=1S/C16H21IN2O2/c1-19(2)15(12-5-4-6-13(9-12)20-3)11-18-10-14-7-8-16(17)21-14/h4-9,15,18H,10-11H2,1-3H3. The van der Waals surface area contributed by atoms with Crippen LogP contribution in [0.4, 0.5) is 0 Å². The van der Waals surface area contributed by atoms with Crippen molar-refractivity contribution in [1.29, 1.82) is 0 Å². The second-order valence-electron chi connectivity index (χ2n) is 5.09. The van der Waals surface area contributed by atoms with Gasteiger partial charge in [-0.25, -0.2) is 0 Å². The maximum absolute atomic E-state index is 5.56. The van der Waals surface area contributed by atoms with Crippen LogP contribution in [0.1, 0.15) is 17.4 Å². The molecular formula is C16H21IN2O2. The van der Waals surface area contributed by atoms with Crippen LogP contribution in [0.2, 0.25) is 0 Å². The summed E-state index contributed by atoms with van der Waals surface area (Å²) in [6.07, 6.45) is 0. The largest absolute Gasteiger partial charge is 0.497 e. The van der Waals surface area contributed by atoms with Crippen LogP contribution in [0.15, 0.2) is 40.8 Å². The van der Waals surface area contributed by atoms with E-state index in [0.29, 0.717) is 0 Å². The van der Waals surface area contributed by atoms with Crippen LogP contribution in [0.5, 0.6) is 5.75 Å². The number of nitrogens with zero attached hydrogens (tertiary/aromatic N) is 1. The van der Waals surface area contributed by atoms with Crippen molar-refractivity contribution in [2.24, 2.45) is 0 Å². The predicted molar refractivity (Wildman–Crippen MR) is 92.6 cm³/mol. The summed E-state index contributed by atoms with van der Waals surface area (Å²) >= 11 is 2.18. The van der Waals surface area contributed by atoms with Gasteiger partial charge in [-0.1, -0.05) is 12.1 Å². The van der Waals surface area contributed by atoms with Gasteiger partial charge in [0.2, 0.25) is 0 Å². The van der Waals surface area contributed by atoms with Crippen molar-refractivity contribution in [2.45, 2.75) is 12.6 Å². The molecule has 114 valence electrons. The van der Waals surface area contributed by atoms with Gasteiger partial charge < -0.3 is 19.4 Å². The molecule has 0 aliphatic rings. The van der Waals surface area contributed by atoms with Crippen LogP contribution in [0, 0.1) is 3.77 Å². The summed E-state index contributed by atoms with van der Waals surface area (Å²) in [5, 5.41) is 3.45. The number of rotatable bonds is 7. The molecule has 0 radical (unpaired) electrons. The molecule has 0 spiro atoms. The van der Waals surface area contributed by atoms with Gasteiger partial charge in [-0.15, -0.1) is 0 Å². The molecule has 1 aromatic carbocycles. The second kappa shape index (κ2) is 7.82. The Morgan fingerprint density at radius 2 is 2.10 bits per heavy atom. The number of benzene rings is 1. The summed E-state index contributed by atoms with van der Waals surface area (Å²) in [7, 11) is 5.86. The van der Waals surface area contributed by atoms with Crippen LogP contribution in [-0.2, 0) is 6.54 Å². The fourth-order valence-corrected chi connectivity index (χ4v) is 2.69. The Labute approximate surface area is 139 Å². The Balaban J connectivity index is 1.98. The molecule has 0 fully saturated rings. The van der Waals surface area contributed by atoms with E-state index in [-0.39, 0.29) is 6.04 Å². The third kappa shape index (κ3) is 4.72. The zero-order valence-electron chi connectivity index (χ0n) is 12.6. The van der Waals surface area contributed by atoms with Crippen molar-refractivity contribution in [3.05, 3.63) is 51.5 Å². The van der Waals surface area contributed by atoms with Gasteiger partial charge in [0.25, 0.3) is 0 Å². The van der Waals surface area contributed by atoms with E-state index >= 15 is 0 Å². The average molecular weight is 400 g/mol. The molecule has 0 aliphatic heterocycles. The minimum absolute atomic E-state index is 0.286. The lowest BCUT2D eigenvalue weighted by molar-refractivity contribution is 0.284. The monoisotopic (exact) mass is 400 g/mol. The summed E-state index contributed by atoms with van der Waals surface area (Å²) in [4.78, 5) is 2.20. The minimum Gasteiger partial charge on any atom is -0.497 e. The number of hydrogen-bond donors (Lipinski definition) is 1. The molecule has 1 unspecified atom stereocenters. The van der Waals surface area contributed by atoms with Gasteiger partial charge in [0.05, 0.1) is 13.7 Å². The molecule has 0 bridgehead atoms. The minimum atomic E-state index is 0.286. The third-order valence-electron chi connectivity index (χ3n) is 3.37. The molecule has 0 saturated carbocycles. The van der Waals surface area contributed by atoms with Crippen molar-refractivity contribution in [2.75, 3.05) is 27.7 Å². The highest BCUT2D eigenvalue weighted by Gasteiger charge is 2.14. The van der Waals surface area contributed by atoms with Crippen molar-refractivity contribution < 1.29 is 9.15 Å². The SMILES string of the molecule is COc1cccc(C(CNCc2ccc(I)o2)N(C)C)c1. The Kier molecular flexibility index (Phi) is 6.08. The number of ether oxygens (including phenoxy) is 1. The van der Waals surface area contributed by atoms with Crippen molar-refractivity contribution in [3.63, 3.8) is 0 Å². The molecule has 1 heterocycles. The molecule has 0 amide bonds. The lowest BCUT2D eigenvalue weighted by Gasteiger charge is -2.25. The van der Waals surface area contributed by atoms with Crippen molar-refractivity contribution in [1.82, 2.24) is 10.2 Å². The first-order valence-electron chi connectivity index (χ1n) is 6.85. The first-order chi connectivity index (χ1) is 10.1. The lowest BCUT2D eigenvalue weighted by atomic mass is 10.1. The molecule has 0 saturated heterocycles. The molecule has 4 nitrogen and oxygen atoms in total. The van der Waals surface area contributed by atoms with E-state index in [4.69, 9.17) is 9.15 Å². The van der Waals surface area contributed by atoms with E-state index in [1.54, 1.807) is 7.11 Å². The maximum Gasteiger partial charge on any atom is 0.164 e. The van der Waals surface area contributed by atoms with E-state index in [2.05, 4.69) is 59.0 Å². The molecule has 5 heteroatoms. The number of methoxy groups -OCH3 is 1. The summed E-state index contributed by atoms with van der Waals surface area (Å²) in [5.74, 6) is 1.85. The van der Waals surface area contributed by atoms with E-state index in [9.17, 15) is 0 Å². The molecule has 1 atom stereocenters. The zero-order valence-corrected chi connectivity index (χ0v) is 14.8. The van der Waals surface area contributed by atoms with Crippen LogP contribution in [0.3, 0.4) is 0 Å². The smallest absolute Gasteiger partial charge is 0.164 e. The Hall–Kier alpha value is -1.05. The molecule has 0 aliphatic carbocycles. The van der Waals surface area contributed by atoms with E-state index in [1.165, 1.54) is 5.56 Å². The summed E-state index contributed by atoms with van der Waals surface area (Å²) in [5.41, 5.74) is 1.24. The van der Waals surface area contributed by atoms with Crippen LogP contribution >= 0.6 is 22.6 Å². The van der Waals surface area contributed by atoms with Gasteiger partial charge in [0.15, 0.2) is 3.77 Å². The maximum atomic E-state index is 5.56. The normalized spacial score (nSPS) is 12.6. The first kappa shape index (κ1) is 16.3. The predicted octanol–water partition coefficient (Wildman–Crippen LogP) is 3.29.